The molecule has 0 unspecified atom stereocenters. The van der Waals surface area contributed by atoms with E-state index < -0.39 is 0 Å². The lowest BCUT2D eigenvalue weighted by atomic mass is 10.1. The Balaban J connectivity index is 1.73. The molecule has 1 saturated heterocycles. The standard InChI is InChI=1S/C22H24N2O4/c1-27-17-13-16(14-18(15-17)28-2)9-10-21(25)23-20-8-4-3-7-19(20)22(26)24-11-5-6-12-24/h3-4,7-10,13-15H,5-6,11-12H2,1-2H3,(H,23,25). The molecule has 3 rings (SSSR count). The molecule has 6 nitrogen and oxygen atoms in total. The van der Waals surface area contributed by atoms with Crippen molar-refractivity contribution >= 4 is 23.6 Å². The topological polar surface area (TPSA) is 67.9 Å². The molecule has 1 fully saturated rings. The number of para-hydroxylation sites is 1. The zero-order valence-electron chi connectivity index (χ0n) is 16.1. The Labute approximate surface area is 164 Å². The van der Waals surface area contributed by atoms with E-state index >= 15 is 0 Å². The molecule has 2 aromatic rings. The van der Waals surface area contributed by atoms with E-state index in [0.29, 0.717) is 22.7 Å². The Hall–Kier alpha value is -3.28. The Kier molecular flexibility index (Phi) is 6.32. The number of anilines is 1. The van der Waals surface area contributed by atoms with E-state index in [2.05, 4.69) is 5.32 Å². The highest BCUT2D eigenvalue weighted by molar-refractivity contribution is 6.07. The number of hydrogen-bond donors (Lipinski definition) is 1. The second kappa shape index (κ2) is 9.08. The van der Waals surface area contributed by atoms with Crippen molar-refractivity contribution in [3.05, 3.63) is 59.7 Å². The first kappa shape index (κ1) is 19.5. The smallest absolute Gasteiger partial charge is 0.255 e. The minimum Gasteiger partial charge on any atom is -0.497 e. The van der Waals surface area contributed by atoms with Crippen LogP contribution in [0.4, 0.5) is 5.69 Å². The van der Waals surface area contributed by atoms with E-state index in [9.17, 15) is 9.59 Å². The molecular weight excluding hydrogens is 356 g/mol. The average molecular weight is 380 g/mol. The molecule has 0 atom stereocenters. The number of nitrogens with zero attached hydrogens (tertiary/aromatic N) is 1. The molecular formula is C22H24N2O4. The zero-order chi connectivity index (χ0) is 19.9. The molecule has 1 aliphatic heterocycles. The van der Waals surface area contributed by atoms with Gasteiger partial charge in [-0.05, 0) is 48.7 Å². The van der Waals surface area contributed by atoms with Gasteiger partial charge in [0.25, 0.3) is 5.91 Å². The Morgan fingerprint density at radius 3 is 2.29 bits per heavy atom. The molecule has 0 bridgehead atoms. The monoisotopic (exact) mass is 380 g/mol. The molecule has 0 aromatic heterocycles. The van der Waals surface area contributed by atoms with Crippen molar-refractivity contribution in [3.8, 4) is 11.5 Å². The van der Waals surface area contributed by atoms with Crippen molar-refractivity contribution in [1.29, 1.82) is 0 Å². The third kappa shape index (κ3) is 4.71. The second-order valence-corrected chi connectivity index (χ2v) is 6.51. The van der Waals surface area contributed by atoms with Gasteiger partial charge in [-0.3, -0.25) is 9.59 Å². The molecule has 2 amide bonds. The summed E-state index contributed by atoms with van der Waals surface area (Å²) in [7, 11) is 3.15. The lowest BCUT2D eigenvalue weighted by Gasteiger charge is -2.17. The fourth-order valence-corrected chi connectivity index (χ4v) is 3.14. The lowest BCUT2D eigenvalue weighted by molar-refractivity contribution is -0.111. The van der Waals surface area contributed by atoms with Gasteiger partial charge in [0.1, 0.15) is 11.5 Å². The summed E-state index contributed by atoms with van der Waals surface area (Å²) in [5.74, 6) is 0.917. The van der Waals surface area contributed by atoms with Gasteiger partial charge in [-0.15, -0.1) is 0 Å². The summed E-state index contributed by atoms with van der Waals surface area (Å²) in [6.45, 7) is 1.53. The maximum absolute atomic E-state index is 12.7. The largest absolute Gasteiger partial charge is 0.497 e. The zero-order valence-corrected chi connectivity index (χ0v) is 16.1. The summed E-state index contributed by atoms with van der Waals surface area (Å²) in [5.41, 5.74) is 1.79. The van der Waals surface area contributed by atoms with E-state index in [1.165, 1.54) is 6.08 Å². The van der Waals surface area contributed by atoms with Crippen LogP contribution in [0, 0.1) is 0 Å². The molecule has 0 spiro atoms. The van der Waals surface area contributed by atoms with Crippen LogP contribution < -0.4 is 14.8 Å². The van der Waals surface area contributed by atoms with Gasteiger partial charge < -0.3 is 19.7 Å². The van der Waals surface area contributed by atoms with Crippen LogP contribution in [0.15, 0.2) is 48.5 Å². The number of nitrogens with one attached hydrogen (secondary N) is 1. The van der Waals surface area contributed by atoms with Crippen molar-refractivity contribution in [2.24, 2.45) is 0 Å². The summed E-state index contributed by atoms with van der Waals surface area (Å²) in [5, 5.41) is 2.81. The minimum atomic E-state index is -0.316. The van der Waals surface area contributed by atoms with Gasteiger partial charge in [0.15, 0.2) is 0 Å². The second-order valence-electron chi connectivity index (χ2n) is 6.51. The Morgan fingerprint density at radius 1 is 1.00 bits per heavy atom. The van der Waals surface area contributed by atoms with Crippen LogP contribution >= 0.6 is 0 Å². The van der Waals surface area contributed by atoms with Crippen LogP contribution in [0.1, 0.15) is 28.8 Å². The van der Waals surface area contributed by atoms with Crippen molar-refractivity contribution in [2.75, 3.05) is 32.6 Å². The number of carbonyl (C=O) groups is 2. The molecule has 1 N–H and O–H groups in total. The summed E-state index contributed by atoms with van der Waals surface area (Å²) < 4.78 is 10.5. The Morgan fingerprint density at radius 2 is 1.64 bits per heavy atom. The molecule has 0 saturated carbocycles. The average Bonchev–Trinajstić information content (AvgIpc) is 3.26. The van der Waals surface area contributed by atoms with Crippen LogP contribution in [-0.2, 0) is 4.79 Å². The number of likely N-dealkylation sites (tertiary alicyclic amines) is 1. The van der Waals surface area contributed by atoms with Crippen molar-refractivity contribution in [3.63, 3.8) is 0 Å². The normalized spacial score (nSPS) is 13.6. The van der Waals surface area contributed by atoms with E-state index in [4.69, 9.17) is 9.47 Å². The maximum atomic E-state index is 12.7. The van der Waals surface area contributed by atoms with Crippen LogP contribution in [0.3, 0.4) is 0 Å². The van der Waals surface area contributed by atoms with Crippen LogP contribution in [0.2, 0.25) is 0 Å². The van der Waals surface area contributed by atoms with Gasteiger partial charge in [0.2, 0.25) is 5.91 Å². The molecule has 1 heterocycles. The Bertz CT molecular complexity index is 864. The number of benzene rings is 2. The quantitative estimate of drug-likeness (QED) is 0.778. The molecule has 146 valence electrons. The number of methoxy groups -OCH3 is 2. The fraction of sp³-hybridized carbons (Fsp3) is 0.273. The highest BCUT2D eigenvalue weighted by Gasteiger charge is 2.21. The first-order chi connectivity index (χ1) is 13.6. The third-order valence-electron chi connectivity index (χ3n) is 4.61. The summed E-state index contributed by atoms with van der Waals surface area (Å²) >= 11 is 0. The van der Waals surface area contributed by atoms with E-state index in [1.54, 1.807) is 62.8 Å². The predicted molar refractivity (Wildman–Crippen MR) is 109 cm³/mol. The molecule has 1 aliphatic rings. The number of carbonyl (C=O) groups excluding carboxylic acids is 2. The summed E-state index contributed by atoms with van der Waals surface area (Å²) in [6, 6.07) is 12.5. The lowest BCUT2D eigenvalue weighted by Crippen LogP contribution is -2.28. The number of rotatable bonds is 6. The number of amides is 2. The fourth-order valence-electron chi connectivity index (χ4n) is 3.14. The van der Waals surface area contributed by atoms with E-state index in [-0.39, 0.29) is 11.8 Å². The number of hydrogen-bond acceptors (Lipinski definition) is 4. The van der Waals surface area contributed by atoms with Crippen molar-refractivity contribution < 1.29 is 19.1 Å². The number of ether oxygens (including phenoxy) is 2. The van der Waals surface area contributed by atoms with Crippen molar-refractivity contribution in [2.45, 2.75) is 12.8 Å². The maximum Gasteiger partial charge on any atom is 0.255 e. The van der Waals surface area contributed by atoms with Crippen LogP contribution in [-0.4, -0.2) is 44.0 Å². The minimum absolute atomic E-state index is 0.0464. The predicted octanol–water partition coefficient (Wildman–Crippen LogP) is 3.59. The summed E-state index contributed by atoms with van der Waals surface area (Å²) in [4.78, 5) is 26.9. The molecule has 0 aliphatic carbocycles. The molecule has 2 aromatic carbocycles. The van der Waals surface area contributed by atoms with Crippen molar-refractivity contribution in [1.82, 2.24) is 4.90 Å². The molecule has 6 heteroatoms. The van der Waals surface area contributed by atoms with Gasteiger partial charge in [-0.2, -0.15) is 0 Å². The highest BCUT2D eigenvalue weighted by atomic mass is 16.5. The first-order valence-electron chi connectivity index (χ1n) is 9.21. The first-order valence-corrected chi connectivity index (χ1v) is 9.21. The molecule has 28 heavy (non-hydrogen) atoms. The summed E-state index contributed by atoms with van der Waals surface area (Å²) in [6.07, 6.45) is 5.14. The van der Waals surface area contributed by atoms with Gasteiger partial charge in [0.05, 0.1) is 25.5 Å². The molecule has 0 radical (unpaired) electrons. The van der Waals surface area contributed by atoms with Gasteiger partial charge in [0, 0.05) is 25.2 Å². The van der Waals surface area contributed by atoms with Gasteiger partial charge >= 0.3 is 0 Å². The SMILES string of the molecule is COc1cc(C=CC(=O)Nc2ccccc2C(=O)N2CCCC2)cc(OC)c1. The van der Waals surface area contributed by atoms with Gasteiger partial charge in [-0.25, -0.2) is 0 Å². The van der Waals surface area contributed by atoms with Crippen LogP contribution in [0.5, 0.6) is 11.5 Å². The van der Waals surface area contributed by atoms with Crippen LogP contribution in [0.25, 0.3) is 6.08 Å². The third-order valence-corrected chi connectivity index (χ3v) is 4.61. The van der Waals surface area contributed by atoms with E-state index in [1.807, 2.05) is 4.90 Å². The highest BCUT2D eigenvalue weighted by Crippen LogP contribution is 2.24. The van der Waals surface area contributed by atoms with Gasteiger partial charge in [-0.1, -0.05) is 12.1 Å². The van der Waals surface area contributed by atoms with E-state index in [0.717, 1.165) is 31.5 Å².